The zero-order chi connectivity index (χ0) is 14.1. The van der Waals surface area contributed by atoms with Gasteiger partial charge in [-0.1, -0.05) is 0 Å². The molecule has 106 valence electrons. The van der Waals surface area contributed by atoms with Crippen LogP contribution in [0.25, 0.3) is 11.4 Å². The Labute approximate surface area is 124 Å². The predicted molar refractivity (Wildman–Crippen MR) is 84.3 cm³/mol. The maximum atomic E-state index is 4.72. The fraction of sp³-hybridized carbons (Fsp3) is 0.500. The van der Waals surface area contributed by atoms with E-state index in [-0.39, 0.29) is 0 Å². The van der Waals surface area contributed by atoms with Crippen LogP contribution in [0.4, 0.5) is 0 Å². The normalized spacial score (nSPS) is 14.8. The van der Waals surface area contributed by atoms with Crippen LogP contribution in [0.1, 0.15) is 35.4 Å². The van der Waals surface area contributed by atoms with E-state index in [0.29, 0.717) is 0 Å². The van der Waals surface area contributed by atoms with E-state index in [1.807, 2.05) is 0 Å². The van der Waals surface area contributed by atoms with Gasteiger partial charge in [0.1, 0.15) is 0 Å². The van der Waals surface area contributed by atoms with Crippen LogP contribution in [0, 0.1) is 20.8 Å². The third-order valence-electron chi connectivity index (χ3n) is 3.90. The molecule has 3 rings (SSSR count). The number of hydrogen-bond donors (Lipinski definition) is 1. The molecule has 0 bridgehead atoms. The second-order valence-corrected chi connectivity index (χ2v) is 6.39. The fourth-order valence-corrected chi connectivity index (χ4v) is 3.33. The molecule has 0 unspecified atom stereocenters. The molecule has 2 aromatic rings. The van der Waals surface area contributed by atoms with E-state index in [4.69, 9.17) is 9.97 Å². The summed E-state index contributed by atoms with van der Waals surface area (Å²) in [5.74, 6) is 0.873. The number of nitrogens with one attached hydrogen (secondary N) is 1. The first kappa shape index (κ1) is 13.7. The highest BCUT2D eigenvalue weighted by molar-refractivity contribution is 7.08. The van der Waals surface area contributed by atoms with E-state index in [1.54, 1.807) is 11.3 Å². The van der Waals surface area contributed by atoms with Gasteiger partial charge in [0.05, 0.1) is 0 Å². The van der Waals surface area contributed by atoms with Crippen LogP contribution >= 0.6 is 11.3 Å². The molecule has 1 aliphatic rings. The van der Waals surface area contributed by atoms with Crippen molar-refractivity contribution < 1.29 is 0 Å². The zero-order valence-electron chi connectivity index (χ0n) is 12.4. The van der Waals surface area contributed by atoms with Gasteiger partial charge in [-0.05, 0) is 63.1 Å². The van der Waals surface area contributed by atoms with Gasteiger partial charge in [-0.25, -0.2) is 9.97 Å². The van der Waals surface area contributed by atoms with Gasteiger partial charge < -0.3 is 5.32 Å². The lowest BCUT2D eigenvalue weighted by molar-refractivity contribution is 0.675. The quantitative estimate of drug-likeness (QED) is 0.915. The number of nitrogens with zero attached hydrogens (tertiary/aromatic N) is 2. The molecular weight excluding hydrogens is 266 g/mol. The molecule has 0 saturated heterocycles. The molecule has 0 spiro atoms. The van der Waals surface area contributed by atoms with Crippen LogP contribution in [0.5, 0.6) is 0 Å². The first-order chi connectivity index (χ1) is 9.65. The van der Waals surface area contributed by atoms with Crippen molar-refractivity contribution in [3.63, 3.8) is 0 Å². The summed E-state index contributed by atoms with van der Waals surface area (Å²) in [6.45, 7) is 7.36. The van der Waals surface area contributed by atoms with Crippen molar-refractivity contribution in [3.8, 4) is 11.4 Å². The monoisotopic (exact) mass is 287 g/mol. The lowest BCUT2D eigenvalue weighted by atomic mass is 10.1. The van der Waals surface area contributed by atoms with Gasteiger partial charge in [-0.3, -0.25) is 0 Å². The molecular formula is C16H21N3S. The summed E-state index contributed by atoms with van der Waals surface area (Å²) in [7, 11) is 0. The first-order valence-corrected chi connectivity index (χ1v) is 8.20. The van der Waals surface area contributed by atoms with Crippen LogP contribution < -0.4 is 5.32 Å². The van der Waals surface area contributed by atoms with E-state index in [9.17, 15) is 0 Å². The second kappa shape index (κ2) is 5.62. The van der Waals surface area contributed by atoms with Crippen molar-refractivity contribution in [1.29, 1.82) is 0 Å². The van der Waals surface area contributed by atoms with Crippen LogP contribution in [-0.2, 0) is 6.42 Å². The summed E-state index contributed by atoms with van der Waals surface area (Å²) in [5, 5.41) is 7.84. The summed E-state index contributed by atoms with van der Waals surface area (Å²) < 4.78 is 0. The van der Waals surface area contributed by atoms with Crippen molar-refractivity contribution in [3.05, 3.63) is 33.3 Å². The molecule has 1 N–H and O–H groups in total. The van der Waals surface area contributed by atoms with Crippen LogP contribution in [-0.4, -0.2) is 22.6 Å². The molecule has 0 aromatic carbocycles. The smallest absolute Gasteiger partial charge is 0.160 e. The Balaban J connectivity index is 1.80. The summed E-state index contributed by atoms with van der Waals surface area (Å²) in [5.41, 5.74) is 5.97. The standard InChI is InChI=1S/C16H21N3S/c1-10-8-20-9-15(10)16-18-11(2)14(12(3)19-16)6-7-17-13-4-5-13/h8-9,13,17H,4-7H2,1-3H3. The van der Waals surface area contributed by atoms with Gasteiger partial charge in [0.25, 0.3) is 0 Å². The summed E-state index contributed by atoms with van der Waals surface area (Å²) >= 11 is 1.71. The minimum Gasteiger partial charge on any atom is -0.314 e. The van der Waals surface area contributed by atoms with Gasteiger partial charge in [0, 0.05) is 28.4 Å². The molecule has 0 amide bonds. The number of rotatable bonds is 5. The number of thiophene rings is 1. The molecule has 0 radical (unpaired) electrons. The zero-order valence-corrected chi connectivity index (χ0v) is 13.2. The van der Waals surface area contributed by atoms with Crippen LogP contribution in [0.2, 0.25) is 0 Å². The molecule has 1 saturated carbocycles. The largest absolute Gasteiger partial charge is 0.314 e. The van der Waals surface area contributed by atoms with Crippen LogP contribution in [0.3, 0.4) is 0 Å². The van der Waals surface area contributed by atoms with Gasteiger partial charge in [0.2, 0.25) is 0 Å². The highest BCUT2D eigenvalue weighted by atomic mass is 32.1. The molecule has 20 heavy (non-hydrogen) atoms. The Morgan fingerprint density at radius 3 is 2.40 bits per heavy atom. The summed E-state index contributed by atoms with van der Waals surface area (Å²) in [4.78, 5) is 9.44. The third kappa shape index (κ3) is 2.91. The molecule has 1 aliphatic carbocycles. The molecule has 2 heterocycles. The highest BCUT2D eigenvalue weighted by Crippen LogP contribution is 2.25. The number of hydrogen-bond acceptors (Lipinski definition) is 4. The molecule has 0 aliphatic heterocycles. The second-order valence-electron chi connectivity index (χ2n) is 5.64. The van der Waals surface area contributed by atoms with Crippen molar-refractivity contribution >= 4 is 11.3 Å². The first-order valence-electron chi connectivity index (χ1n) is 7.26. The van der Waals surface area contributed by atoms with E-state index in [1.165, 1.54) is 29.5 Å². The van der Waals surface area contributed by atoms with Crippen molar-refractivity contribution in [2.45, 2.75) is 46.1 Å². The van der Waals surface area contributed by atoms with Crippen molar-refractivity contribution in [2.75, 3.05) is 6.54 Å². The minimum absolute atomic E-state index is 0.768. The minimum atomic E-state index is 0.768. The van der Waals surface area contributed by atoms with E-state index < -0.39 is 0 Å². The number of aromatic nitrogens is 2. The van der Waals surface area contributed by atoms with E-state index >= 15 is 0 Å². The SMILES string of the molecule is Cc1cscc1-c1nc(C)c(CCNC2CC2)c(C)n1. The molecule has 1 fully saturated rings. The van der Waals surface area contributed by atoms with E-state index in [0.717, 1.165) is 36.2 Å². The van der Waals surface area contributed by atoms with E-state index in [2.05, 4.69) is 36.8 Å². The maximum Gasteiger partial charge on any atom is 0.160 e. The molecule has 2 aromatic heterocycles. The Hall–Kier alpha value is -1.26. The third-order valence-corrected chi connectivity index (χ3v) is 4.76. The van der Waals surface area contributed by atoms with Gasteiger partial charge >= 0.3 is 0 Å². The Morgan fingerprint density at radius 1 is 1.15 bits per heavy atom. The Kier molecular flexibility index (Phi) is 3.85. The molecule has 4 heteroatoms. The van der Waals surface area contributed by atoms with Crippen molar-refractivity contribution in [1.82, 2.24) is 15.3 Å². The fourth-order valence-electron chi connectivity index (χ4n) is 2.50. The maximum absolute atomic E-state index is 4.72. The lowest BCUT2D eigenvalue weighted by Crippen LogP contribution is -2.20. The topological polar surface area (TPSA) is 37.8 Å². The van der Waals surface area contributed by atoms with Gasteiger partial charge in [-0.15, -0.1) is 0 Å². The average Bonchev–Trinajstić information content (AvgIpc) is 3.13. The van der Waals surface area contributed by atoms with Gasteiger partial charge in [-0.2, -0.15) is 11.3 Å². The highest BCUT2D eigenvalue weighted by Gasteiger charge is 2.20. The lowest BCUT2D eigenvalue weighted by Gasteiger charge is -2.11. The predicted octanol–water partition coefficient (Wildman–Crippen LogP) is 3.42. The summed E-state index contributed by atoms with van der Waals surface area (Å²) in [6.07, 6.45) is 3.70. The molecule has 3 nitrogen and oxygen atoms in total. The average molecular weight is 287 g/mol. The Morgan fingerprint density at radius 2 is 1.85 bits per heavy atom. The van der Waals surface area contributed by atoms with Crippen molar-refractivity contribution in [2.24, 2.45) is 0 Å². The molecule has 0 atom stereocenters. The summed E-state index contributed by atoms with van der Waals surface area (Å²) in [6, 6.07) is 0.768. The number of aryl methyl sites for hydroxylation is 3. The Bertz CT molecular complexity index is 591. The van der Waals surface area contributed by atoms with Crippen LogP contribution in [0.15, 0.2) is 10.8 Å². The van der Waals surface area contributed by atoms with Gasteiger partial charge in [0.15, 0.2) is 5.82 Å².